The number of anilines is 1. The Morgan fingerprint density at radius 1 is 0.914 bits per heavy atom. The summed E-state index contributed by atoms with van der Waals surface area (Å²) in [7, 11) is 0. The van der Waals surface area contributed by atoms with Crippen molar-refractivity contribution in [1.82, 2.24) is 10.2 Å². The van der Waals surface area contributed by atoms with E-state index in [0.29, 0.717) is 21.2 Å². The number of aliphatic hydroxyl groups excluding tert-OH is 1. The van der Waals surface area contributed by atoms with Gasteiger partial charge in [-0.3, -0.25) is 14.5 Å². The van der Waals surface area contributed by atoms with Gasteiger partial charge in [0.15, 0.2) is 4.34 Å². The topological polar surface area (TPSA) is 104 Å². The standard InChI is InChI=1S/C26H19N3O4S2/c30-19-13-11-17(12-14-19)21-20(22(31)18-9-5-2-6-10-18)23(32)24(33)29(21)25-27-28-26(35-25)34-15-16-7-3-1-4-8-16/h1-14,21,30-31H,15H2/b22-20+/t21-/m1/s1. The first-order chi connectivity index (χ1) is 17.0. The molecule has 0 aliphatic carbocycles. The Kier molecular flexibility index (Phi) is 6.35. The molecule has 2 heterocycles. The zero-order chi connectivity index (χ0) is 24.4. The summed E-state index contributed by atoms with van der Waals surface area (Å²) >= 11 is 2.69. The number of rotatable bonds is 6. The van der Waals surface area contributed by atoms with Crippen molar-refractivity contribution in [2.24, 2.45) is 0 Å². The molecule has 3 aromatic carbocycles. The molecule has 1 aliphatic heterocycles. The minimum Gasteiger partial charge on any atom is -0.508 e. The zero-order valence-corrected chi connectivity index (χ0v) is 19.9. The van der Waals surface area contributed by atoms with E-state index < -0.39 is 17.7 Å². The first-order valence-corrected chi connectivity index (χ1v) is 12.5. The van der Waals surface area contributed by atoms with Crippen LogP contribution in [0.3, 0.4) is 0 Å². The molecule has 7 nitrogen and oxygen atoms in total. The van der Waals surface area contributed by atoms with Crippen molar-refractivity contribution in [2.75, 3.05) is 4.90 Å². The molecule has 1 saturated heterocycles. The zero-order valence-electron chi connectivity index (χ0n) is 18.2. The summed E-state index contributed by atoms with van der Waals surface area (Å²) in [6.07, 6.45) is 0. The van der Waals surface area contributed by atoms with E-state index in [1.165, 1.54) is 40.1 Å². The van der Waals surface area contributed by atoms with Crippen molar-refractivity contribution in [2.45, 2.75) is 16.1 Å². The van der Waals surface area contributed by atoms with Gasteiger partial charge >= 0.3 is 5.91 Å². The van der Waals surface area contributed by atoms with E-state index in [-0.39, 0.29) is 22.2 Å². The van der Waals surface area contributed by atoms with Gasteiger partial charge in [-0.05, 0) is 23.3 Å². The number of ketones is 1. The number of phenols is 1. The molecular formula is C26H19N3O4S2. The molecule has 0 radical (unpaired) electrons. The monoisotopic (exact) mass is 501 g/mol. The van der Waals surface area contributed by atoms with E-state index >= 15 is 0 Å². The van der Waals surface area contributed by atoms with Gasteiger partial charge in [0.05, 0.1) is 11.6 Å². The highest BCUT2D eigenvalue weighted by atomic mass is 32.2. The highest BCUT2D eigenvalue weighted by molar-refractivity contribution is 8.00. The van der Waals surface area contributed by atoms with Gasteiger partial charge in [-0.2, -0.15) is 0 Å². The molecular weight excluding hydrogens is 482 g/mol. The molecule has 0 spiro atoms. The van der Waals surface area contributed by atoms with E-state index in [9.17, 15) is 19.8 Å². The third kappa shape index (κ3) is 4.55. The number of carbonyl (C=O) groups is 2. The Hall–Kier alpha value is -3.95. The first kappa shape index (κ1) is 22.8. The van der Waals surface area contributed by atoms with E-state index in [1.807, 2.05) is 30.3 Å². The maximum Gasteiger partial charge on any atom is 0.301 e. The first-order valence-electron chi connectivity index (χ1n) is 10.7. The number of phenolic OH excluding ortho intramolecular Hbond substituents is 1. The van der Waals surface area contributed by atoms with Crippen molar-refractivity contribution in [3.05, 3.63) is 107 Å². The van der Waals surface area contributed by atoms with Crippen LogP contribution in [0, 0.1) is 0 Å². The average molecular weight is 502 g/mol. The van der Waals surface area contributed by atoms with E-state index in [4.69, 9.17) is 0 Å². The molecule has 174 valence electrons. The van der Waals surface area contributed by atoms with E-state index in [1.54, 1.807) is 42.5 Å². The molecule has 1 atom stereocenters. The molecule has 2 N–H and O–H groups in total. The molecule has 0 saturated carbocycles. The van der Waals surface area contributed by atoms with Crippen molar-refractivity contribution in [3.63, 3.8) is 0 Å². The van der Waals surface area contributed by atoms with E-state index in [2.05, 4.69) is 10.2 Å². The number of benzene rings is 3. The van der Waals surface area contributed by atoms with Gasteiger partial charge < -0.3 is 10.2 Å². The number of aliphatic hydroxyl groups is 1. The van der Waals surface area contributed by atoms with Gasteiger partial charge in [-0.15, -0.1) is 10.2 Å². The molecule has 4 aromatic rings. The predicted molar refractivity (Wildman–Crippen MR) is 135 cm³/mol. The predicted octanol–water partition coefficient (Wildman–Crippen LogP) is 5.16. The second-order valence-electron chi connectivity index (χ2n) is 7.75. The third-order valence-electron chi connectivity index (χ3n) is 5.51. The summed E-state index contributed by atoms with van der Waals surface area (Å²) in [4.78, 5) is 27.6. The number of nitrogens with zero attached hydrogens (tertiary/aromatic N) is 3. The van der Waals surface area contributed by atoms with Crippen LogP contribution in [0.25, 0.3) is 5.76 Å². The van der Waals surface area contributed by atoms with Crippen molar-refractivity contribution >= 4 is 45.7 Å². The Labute approximate surface area is 209 Å². The Balaban J connectivity index is 1.54. The fourth-order valence-corrected chi connectivity index (χ4v) is 5.65. The summed E-state index contributed by atoms with van der Waals surface area (Å²) in [6.45, 7) is 0. The fraction of sp³-hybridized carbons (Fsp3) is 0.0769. The largest absolute Gasteiger partial charge is 0.508 e. The van der Waals surface area contributed by atoms with E-state index in [0.717, 1.165) is 5.56 Å². The van der Waals surface area contributed by atoms with Crippen LogP contribution < -0.4 is 4.90 Å². The van der Waals surface area contributed by atoms with Crippen LogP contribution in [0.15, 0.2) is 94.8 Å². The lowest BCUT2D eigenvalue weighted by atomic mass is 9.95. The summed E-state index contributed by atoms with van der Waals surface area (Å²) in [5, 5.41) is 29.5. The molecule has 1 aromatic heterocycles. The minimum absolute atomic E-state index is 0.0411. The van der Waals surface area contributed by atoms with Crippen LogP contribution in [0.1, 0.15) is 22.7 Å². The van der Waals surface area contributed by atoms with Crippen LogP contribution in [0.5, 0.6) is 5.75 Å². The lowest BCUT2D eigenvalue weighted by Crippen LogP contribution is -2.29. The minimum atomic E-state index is -0.921. The Morgan fingerprint density at radius 3 is 2.26 bits per heavy atom. The quantitative estimate of drug-likeness (QED) is 0.124. The molecule has 35 heavy (non-hydrogen) atoms. The van der Waals surface area contributed by atoms with Crippen LogP contribution in [-0.2, 0) is 15.3 Å². The molecule has 1 fully saturated rings. The maximum absolute atomic E-state index is 13.2. The molecule has 1 amide bonds. The number of aromatic hydroxyl groups is 1. The van der Waals surface area contributed by atoms with Crippen molar-refractivity contribution in [3.8, 4) is 5.75 Å². The van der Waals surface area contributed by atoms with Gasteiger partial charge in [-0.1, -0.05) is 95.9 Å². The second kappa shape index (κ2) is 9.73. The highest BCUT2D eigenvalue weighted by Crippen LogP contribution is 2.44. The number of carbonyl (C=O) groups excluding carboxylic acids is 2. The summed E-state index contributed by atoms with van der Waals surface area (Å²) < 4.78 is 0.651. The second-order valence-corrected chi connectivity index (χ2v) is 9.93. The fourth-order valence-electron chi connectivity index (χ4n) is 3.83. The Morgan fingerprint density at radius 2 is 1.57 bits per heavy atom. The van der Waals surface area contributed by atoms with Crippen LogP contribution in [0.2, 0.25) is 0 Å². The van der Waals surface area contributed by atoms with Crippen LogP contribution >= 0.6 is 23.1 Å². The summed E-state index contributed by atoms with van der Waals surface area (Å²) in [6, 6.07) is 23.8. The summed E-state index contributed by atoms with van der Waals surface area (Å²) in [5.41, 5.74) is 2.06. The molecule has 1 aliphatic rings. The van der Waals surface area contributed by atoms with Gasteiger partial charge in [0.25, 0.3) is 5.78 Å². The normalized spacial score (nSPS) is 17.1. The molecule has 9 heteroatoms. The Bertz CT molecular complexity index is 1400. The van der Waals surface area contributed by atoms with Crippen molar-refractivity contribution in [1.29, 1.82) is 0 Å². The number of hydrogen-bond donors (Lipinski definition) is 2. The van der Waals surface area contributed by atoms with Gasteiger partial charge in [-0.25, -0.2) is 0 Å². The van der Waals surface area contributed by atoms with Gasteiger partial charge in [0, 0.05) is 11.3 Å². The molecule has 0 bridgehead atoms. The summed E-state index contributed by atoms with van der Waals surface area (Å²) in [5.74, 6) is -1.14. The number of amides is 1. The lowest BCUT2D eigenvalue weighted by Gasteiger charge is -2.22. The highest BCUT2D eigenvalue weighted by Gasteiger charge is 2.48. The SMILES string of the molecule is O=C1C(=O)N(c2nnc(SCc3ccccc3)s2)[C@H](c2ccc(O)cc2)/C1=C(\O)c1ccccc1. The van der Waals surface area contributed by atoms with Crippen molar-refractivity contribution < 1.29 is 19.8 Å². The average Bonchev–Trinajstić information content (AvgIpc) is 3.46. The number of thioether (sulfide) groups is 1. The van der Waals surface area contributed by atoms with Crippen LogP contribution in [0.4, 0.5) is 5.13 Å². The molecule has 0 unspecified atom stereocenters. The van der Waals surface area contributed by atoms with Gasteiger partial charge in [0.1, 0.15) is 11.5 Å². The van der Waals surface area contributed by atoms with Gasteiger partial charge in [0.2, 0.25) is 5.13 Å². The number of Topliss-reactive ketones (excluding diaryl/α,β-unsaturated/α-hetero) is 1. The maximum atomic E-state index is 13.2. The number of aromatic nitrogens is 2. The smallest absolute Gasteiger partial charge is 0.301 e. The number of hydrogen-bond acceptors (Lipinski definition) is 8. The molecule has 5 rings (SSSR count). The van der Waals surface area contributed by atoms with Crippen LogP contribution in [-0.4, -0.2) is 32.1 Å². The third-order valence-corrected chi connectivity index (χ3v) is 7.63. The lowest BCUT2D eigenvalue weighted by molar-refractivity contribution is -0.132.